The minimum absolute atomic E-state index is 0.0924. The van der Waals surface area contributed by atoms with Crippen LogP contribution in [0.2, 0.25) is 5.02 Å². The van der Waals surface area contributed by atoms with Crippen molar-refractivity contribution in [3.63, 3.8) is 0 Å². The van der Waals surface area contributed by atoms with Crippen LogP contribution < -0.4 is 10.6 Å². The van der Waals surface area contributed by atoms with Crippen molar-refractivity contribution in [2.75, 3.05) is 18.4 Å². The summed E-state index contributed by atoms with van der Waals surface area (Å²) in [5.74, 6) is -0.724. The molecule has 0 atom stereocenters. The van der Waals surface area contributed by atoms with Gasteiger partial charge in [0.15, 0.2) is 0 Å². The van der Waals surface area contributed by atoms with E-state index in [9.17, 15) is 19.3 Å². The maximum atomic E-state index is 12.8. The fourth-order valence-electron chi connectivity index (χ4n) is 1.84. The Morgan fingerprint density at radius 2 is 1.87 bits per heavy atom. The molecule has 6 nitrogen and oxygen atoms in total. The Morgan fingerprint density at radius 1 is 1.17 bits per heavy atom. The van der Waals surface area contributed by atoms with E-state index in [2.05, 4.69) is 10.6 Å². The number of hydrogen-bond acceptors (Lipinski definition) is 4. The van der Waals surface area contributed by atoms with Gasteiger partial charge in [0.1, 0.15) is 5.82 Å². The molecule has 8 heteroatoms. The second kappa shape index (κ2) is 7.55. The van der Waals surface area contributed by atoms with E-state index in [1.54, 1.807) is 0 Å². The van der Waals surface area contributed by atoms with Gasteiger partial charge in [0.2, 0.25) is 0 Å². The molecule has 0 unspecified atom stereocenters. The number of amides is 1. The zero-order chi connectivity index (χ0) is 16.8. The molecule has 2 aromatic rings. The van der Waals surface area contributed by atoms with E-state index in [1.807, 2.05) is 0 Å². The molecule has 0 heterocycles. The van der Waals surface area contributed by atoms with Crippen LogP contribution in [0.3, 0.4) is 0 Å². The molecule has 2 rings (SSSR count). The van der Waals surface area contributed by atoms with Crippen LogP contribution in [0.4, 0.5) is 15.8 Å². The minimum Gasteiger partial charge on any atom is -0.382 e. The summed E-state index contributed by atoms with van der Waals surface area (Å²) in [6.07, 6.45) is 0. The number of carbonyl (C=O) groups is 1. The number of nitrogens with zero attached hydrogens (tertiary/aromatic N) is 1. The lowest BCUT2D eigenvalue weighted by Gasteiger charge is -2.09. The van der Waals surface area contributed by atoms with Crippen molar-refractivity contribution in [2.24, 2.45) is 0 Å². The number of halogens is 2. The van der Waals surface area contributed by atoms with Crippen molar-refractivity contribution in [1.29, 1.82) is 0 Å². The minimum atomic E-state index is -0.529. The molecule has 2 N–H and O–H groups in total. The van der Waals surface area contributed by atoms with Crippen molar-refractivity contribution >= 4 is 28.9 Å². The van der Waals surface area contributed by atoms with Crippen molar-refractivity contribution in [3.05, 3.63) is 69.0 Å². The topological polar surface area (TPSA) is 84.3 Å². The molecule has 23 heavy (non-hydrogen) atoms. The first-order chi connectivity index (χ1) is 11.0. The molecule has 120 valence electrons. The van der Waals surface area contributed by atoms with E-state index < -0.39 is 10.7 Å². The summed E-state index contributed by atoms with van der Waals surface area (Å²) in [4.78, 5) is 21.9. The molecular weight excluding hydrogens is 325 g/mol. The standard InChI is InChI=1S/C15H13ClFN3O3/c16-13-9-12(20(22)23)5-6-14(13)18-7-8-19-15(21)10-1-3-11(17)4-2-10/h1-6,9,18H,7-8H2,(H,19,21). The Hall–Kier alpha value is -2.67. The predicted octanol–water partition coefficient (Wildman–Crippen LogP) is 3.23. The van der Waals surface area contributed by atoms with E-state index in [0.717, 1.165) is 0 Å². The average Bonchev–Trinajstić information content (AvgIpc) is 2.53. The lowest BCUT2D eigenvalue weighted by Crippen LogP contribution is -2.28. The molecule has 1 amide bonds. The van der Waals surface area contributed by atoms with Crippen LogP contribution in [0, 0.1) is 15.9 Å². The van der Waals surface area contributed by atoms with Crippen LogP contribution in [-0.4, -0.2) is 23.9 Å². The Labute approximate surface area is 136 Å². The van der Waals surface area contributed by atoms with Crippen molar-refractivity contribution in [2.45, 2.75) is 0 Å². The highest BCUT2D eigenvalue weighted by molar-refractivity contribution is 6.33. The van der Waals surface area contributed by atoms with Gasteiger partial charge in [-0.05, 0) is 30.3 Å². The monoisotopic (exact) mass is 337 g/mol. The van der Waals surface area contributed by atoms with Crippen LogP contribution in [-0.2, 0) is 0 Å². The number of non-ortho nitro benzene ring substituents is 1. The summed E-state index contributed by atoms with van der Waals surface area (Å²) < 4.78 is 12.8. The molecule has 0 radical (unpaired) electrons. The van der Waals surface area contributed by atoms with Crippen LogP contribution in [0.25, 0.3) is 0 Å². The van der Waals surface area contributed by atoms with Crippen molar-refractivity contribution in [1.82, 2.24) is 5.32 Å². The number of anilines is 1. The van der Waals surface area contributed by atoms with Crippen molar-refractivity contribution < 1.29 is 14.1 Å². The van der Waals surface area contributed by atoms with E-state index in [1.165, 1.54) is 42.5 Å². The third-order valence-electron chi connectivity index (χ3n) is 3.00. The summed E-state index contributed by atoms with van der Waals surface area (Å²) in [6.45, 7) is 0.688. The molecule has 0 aliphatic rings. The number of nitro benzene ring substituents is 1. The zero-order valence-electron chi connectivity index (χ0n) is 11.9. The van der Waals surface area contributed by atoms with Crippen LogP contribution in [0.5, 0.6) is 0 Å². The van der Waals surface area contributed by atoms with Gasteiger partial charge in [0.25, 0.3) is 11.6 Å². The predicted molar refractivity (Wildman–Crippen MR) is 85.3 cm³/mol. The molecule has 2 aromatic carbocycles. The van der Waals surface area contributed by atoms with E-state index in [0.29, 0.717) is 24.3 Å². The maximum absolute atomic E-state index is 12.8. The van der Waals surface area contributed by atoms with Crippen LogP contribution in [0.15, 0.2) is 42.5 Å². The van der Waals surface area contributed by atoms with E-state index in [4.69, 9.17) is 11.6 Å². The summed E-state index contributed by atoms with van der Waals surface area (Å²) >= 11 is 5.94. The Balaban J connectivity index is 1.82. The van der Waals surface area contributed by atoms with Gasteiger partial charge in [0, 0.05) is 30.8 Å². The average molecular weight is 338 g/mol. The summed E-state index contributed by atoms with van der Waals surface area (Å²) in [7, 11) is 0. The zero-order valence-corrected chi connectivity index (χ0v) is 12.6. The Morgan fingerprint density at radius 3 is 2.48 bits per heavy atom. The van der Waals surface area contributed by atoms with Gasteiger partial charge in [0.05, 0.1) is 15.6 Å². The van der Waals surface area contributed by atoms with Gasteiger partial charge >= 0.3 is 0 Å². The van der Waals surface area contributed by atoms with Gasteiger partial charge in [-0.1, -0.05) is 11.6 Å². The number of benzene rings is 2. The fraction of sp³-hybridized carbons (Fsp3) is 0.133. The first-order valence-electron chi connectivity index (χ1n) is 6.69. The second-order valence-corrected chi connectivity index (χ2v) is 5.02. The molecule has 0 saturated heterocycles. The highest BCUT2D eigenvalue weighted by atomic mass is 35.5. The van der Waals surface area contributed by atoms with Gasteiger partial charge in [-0.25, -0.2) is 4.39 Å². The molecule has 0 bridgehead atoms. The summed E-state index contributed by atoms with van der Waals surface area (Å²) in [5, 5.41) is 16.5. The van der Waals surface area contributed by atoms with Gasteiger partial charge in [-0.15, -0.1) is 0 Å². The molecule has 0 spiro atoms. The first kappa shape index (κ1) is 16.7. The maximum Gasteiger partial charge on any atom is 0.271 e. The molecule has 0 aliphatic heterocycles. The lowest BCUT2D eigenvalue weighted by molar-refractivity contribution is -0.384. The Bertz CT molecular complexity index is 722. The van der Waals surface area contributed by atoms with Gasteiger partial charge in [-0.2, -0.15) is 0 Å². The summed E-state index contributed by atoms with van der Waals surface area (Å²) in [5.41, 5.74) is 0.804. The molecular formula is C15H13ClFN3O3. The lowest BCUT2D eigenvalue weighted by atomic mass is 10.2. The van der Waals surface area contributed by atoms with Crippen LogP contribution in [0.1, 0.15) is 10.4 Å². The molecule has 0 saturated carbocycles. The quantitative estimate of drug-likeness (QED) is 0.481. The SMILES string of the molecule is O=C(NCCNc1ccc([N+](=O)[O-])cc1Cl)c1ccc(F)cc1. The smallest absolute Gasteiger partial charge is 0.271 e. The molecule has 0 aliphatic carbocycles. The highest BCUT2D eigenvalue weighted by Crippen LogP contribution is 2.26. The second-order valence-electron chi connectivity index (χ2n) is 4.61. The van der Waals surface area contributed by atoms with Gasteiger partial charge < -0.3 is 10.6 Å². The van der Waals surface area contributed by atoms with Crippen LogP contribution >= 0.6 is 11.6 Å². The molecule has 0 aromatic heterocycles. The van der Waals surface area contributed by atoms with Crippen molar-refractivity contribution in [3.8, 4) is 0 Å². The van der Waals surface area contributed by atoms with E-state index in [-0.39, 0.29) is 16.6 Å². The fourth-order valence-corrected chi connectivity index (χ4v) is 2.08. The Kier molecular flexibility index (Phi) is 5.48. The summed E-state index contributed by atoms with van der Waals surface area (Å²) in [6, 6.07) is 9.30. The largest absolute Gasteiger partial charge is 0.382 e. The van der Waals surface area contributed by atoms with Gasteiger partial charge in [-0.3, -0.25) is 14.9 Å². The third-order valence-corrected chi connectivity index (χ3v) is 3.31. The highest BCUT2D eigenvalue weighted by Gasteiger charge is 2.09. The first-order valence-corrected chi connectivity index (χ1v) is 7.07. The number of hydrogen-bond donors (Lipinski definition) is 2. The number of rotatable bonds is 6. The normalized spacial score (nSPS) is 10.2. The number of nitro groups is 1. The number of nitrogens with one attached hydrogen (secondary N) is 2. The van der Waals surface area contributed by atoms with E-state index >= 15 is 0 Å². The molecule has 0 fully saturated rings. The third kappa shape index (κ3) is 4.65. The number of carbonyl (C=O) groups excluding carboxylic acids is 1.